The van der Waals surface area contributed by atoms with E-state index in [0.717, 1.165) is 18.0 Å². The second-order valence-corrected chi connectivity index (χ2v) is 7.73. The summed E-state index contributed by atoms with van der Waals surface area (Å²) >= 11 is 0. The molecule has 4 aromatic rings. The van der Waals surface area contributed by atoms with Gasteiger partial charge in [0, 0.05) is 51.6 Å². The molecule has 0 fully saturated rings. The topological polar surface area (TPSA) is 105 Å². The number of aromatic nitrogens is 2. The van der Waals surface area contributed by atoms with Crippen molar-refractivity contribution in [3.63, 3.8) is 0 Å². The third-order valence-corrected chi connectivity index (χ3v) is 5.33. The lowest BCUT2D eigenvalue weighted by Crippen LogP contribution is -2.05. The molecular formula is C24H20F2N4O2. The molecule has 0 bridgehead atoms. The Morgan fingerprint density at radius 3 is 2.44 bits per heavy atom. The maximum atomic E-state index is 14.5. The first kappa shape index (κ1) is 21.2. The van der Waals surface area contributed by atoms with Crippen LogP contribution in [0.1, 0.15) is 41.5 Å². The van der Waals surface area contributed by atoms with Gasteiger partial charge in [-0.05, 0) is 48.4 Å². The van der Waals surface area contributed by atoms with E-state index in [0.29, 0.717) is 39.0 Å². The van der Waals surface area contributed by atoms with E-state index in [4.69, 9.17) is 16.2 Å². The number of carbonyl (C=O) groups is 1. The summed E-state index contributed by atoms with van der Waals surface area (Å²) in [6.07, 6.45) is 2.47. The Labute approximate surface area is 182 Å². The van der Waals surface area contributed by atoms with E-state index < -0.39 is 17.5 Å². The van der Waals surface area contributed by atoms with E-state index in [-0.39, 0.29) is 11.7 Å². The Bertz CT molecular complexity index is 1380. The highest BCUT2D eigenvalue weighted by Crippen LogP contribution is 2.42. The minimum atomic E-state index is -1.45. The Balaban J connectivity index is 2.15. The van der Waals surface area contributed by atoms with E-state index in [2.05, 4.69) is 4.98 Å². The summed E-state index contributed by atoms with van der Waals surface area (Å²) in [4.78, 5) is 15.0. The molecule has 0 radical (unpaired) electrons. The largest absolute Gasteiger partial charge is 0.476 e. The summed E-state index contributed by atoms with van der Waals surface area (Å²) in [6, 6.07) is 10.6. The number of fused-ring (bicyclic) bond motifs is 1. The molecule has 6 nitrogen and oxygen atoms in total. The first-order valence-electron chi connectivity index (χ1n) is 9.86. The Morgan fingerprint density at radius 2 is 1.88 bits per heavy atom. The summed E-state index contributed by atoms with van der Waals surface area (Å²) < 4.78 is 30.1. The van der Waals surface area contributed by atoms with Crippen LogP contribution in [0.4, 0.5) is 14.5 Å². The molecule has 0 spiro atoms. The fourth-order valence-corrected chi connectivity index (χ4v) is 3.96. The Morgan fingerprint density at radius 1 is 1.19 bits per heavy atom. The number of nitrogens with zero attached hydrogens (tertiary/aromatic N) is 2. The molecule has 8 heteroatoms. The van der Waals surface area contributed by atoms with Crippen molar-refractivity contribution in [1.82, 2.24) is 9.55 Å². The highest BCUT2D eigenvalue weighted by molar-refractivity contribution is 6.04. The molecule has 0 amide bonds. The van der Waals surface area contributed by atoms with Crippen molar-refractivity contribution in [3.8, 4) is 16.8 Å². The van der Waals surface area contributed by atoms with Gasteiger partial charge in [0.05, 0.1) is 5.52 Å². The normalized spacial score (nSPS) is 11.3. The van der Waals surface area contributed by atoms with E-state index in [1.807, 2.05) is 18.4 Å². The van der Waals surface area contributed by atoms with Crippen LogP contribution in [0.5, 0.6) is 0 Å². The highest BCUT2D eigenvalue weighted by Gasteiger charge is 2.24. The Kier molecular flexibility index (Phi) is 5.22. The van der Waals surface area contributed by atoms with Crippen molar-refractivity contribution in [2.75, 3.05) is 5.73 Å². The average Bonchev–Trinajstić information content (AvgIpc) is 3.07. The number of hydrogen-bond acceptors (Lipinski definition) is 4. The molecule has 2 heterocycles. The molecule has 162 valence electrons. The van der Waals surface area contributed by atoms with Crippen molar-refractivity contribution >= 4 is 28.8 Å². The van der Waals surface area contributed by atoms with Crippen LogP contribution in [-0.4, -0.2) is 26.8 Å². The maximum absolute atomic E-state index is 14.5. The van der Waals surface area contributed by atoms with Crippen LogP contribution in [0.2, 0.25) is 0 Å². The number of carboxylic acids is 1. The molecule has 0 unspecified atom stereocenters. The molecule has 0 aliphatic carbocycles. The third kappa shape index (κ3) is 3.39. The van der Waals surface area contributed by atoms with Crippen LogP contribution >= 0.6 is 0 Å². The zero-order valence-electron chi connectivity index (χ0n) is 17.4. The second kappa shape index (κ2) is 7.88. The zero-order chi connectivity index (χ0) is 23.2. The third-order valence-electron chi connectivity index (χ3n) is 5.33. The van der Waals surface area contributed by atoms with E-state index in [9.17, 15) is 13.6 Å². The van der Waals surface area contributed by atoms with Gasteiger partial charge < -0.3 is 20.8 Å². The number of hydrogen-bond donors (Lipinski definition) is 3. The van der Waals surface area contributed by atoms with Crippen LogP contribution in [-0.2, 0) is 0 Å². The molecule has 2 aromatic carbocycles. The molecule has 0 saturated heterocycles. The van der Waals surface area contributed by atoms with Gasteiger partial charge in [-0.1, -0.05) is 13.8 Å². The van der Waals surface area contributed by atoms with Gasteiger partial charge in [0.25, 0.3) is 0 Å². The van der Waals surface area contributed by atoms with Crippen molar-refractivity contribution in [2.24, 2.45) is 0 Å². The lowest BCUT2D eigenvalue weighted by molar-refractivity contribution is 0.0685. The molecule has 4 N–H and O–H groups in total. The van der Waals surface area contributed by atoms with Crippen molar-refractivity contribution in [1.29, 1.82) is 5.41 Å². The molecule has 0 aliphatic rings. The van der Waals surface area contributed by atoms with Crippen molar-refractivity contribution in [2.45, 2.75) is 19.8 Å². The van der Waals surface area contributed by atoms with Gasteiger partial charge in [-0.25, -0.2) is 18.6 Å². The number of nitrogens with one attached hydrogen (secondary N) is 1. The van der Waals surface area contributed by atoms with Crippen LogP contribution in [0, 0.1) is 17.0 Å². The number of nitrogens with two attached hydrogens (primary N) is 1. The highest BCUT2D eigenvalue weighted by atomic mass is 19.1. The number of rotatable bonds is 5. The molecular weight excluding hydrogens is 414 g/mol. The lowest BCUT2D eigenvalue weighted by Gasteiger charge is -2.16. The quantitative estimate of drug-likeness (QED) is 0.290. The number of anilines is 1. The maximum Gasteiger partial charge on any atom is 0.357 e. The van der Waals surface area contributed by atoms with E-state index >= 15 is 0 Å². The summed E-state index contributed by atoms with van der Waals surface area (Å²) in [5.74, 6) is -2.84. The molecule has 2 aromatic heterocycles. The number of benzene rings is 2. The number of nitrogen functional groups attached to an aromatic ring is 1. The fraction of sp³-hybridized carbons (Fsp3) is 0.125. The van der Waals surface area contributed by atoms with E-state index in [1.54, 1.807) is 24.3 Å². The molecule has 32 heavy (non-hydrogen) atoms. The minimum Gasteiger partial charge on any atom is -0.476 e. The number of halogens is 2. The number of pyridine rings is 1. The molecule has 0 aliphatic heterocycles. The molecule has 4 rings (SSSR count). The summed E-state index contributed by atoms with van der Waals surface area (Å²) in [5.41, 5.74) is 9.58. The Hall–Kier alpha value is -4.07. The van der Waals surface area contributed by atoms with Gasteiger partial charge in [0.1, 0.15) is 5.82 Å². The first-order chi connectivity index (χ1) is 15.2. The number of carboxylic acid groups (broad SMARTS) is 1. The minimum absolute atomic E-state index is 0.0608. The van der Waals surface area contributed by atoms with Crippen LogP contribution in [0.15, 0.2) is 48.7 Å². The summed E-state index contributed by atoms with van der Waals surface area (Å²) in [5, 5.41) is 17.5. The van der Waals surface area contributed by atoms with Gasteiger partial charge in [-0.3, -0.25) is 0 Å². The SMILES string of the molecule is CC(C)c1c(-c2cnc(C(=O)O)c(F)c2)c2cc(N)c(C=N)cc2n1-c1ccc(F)cc1. The predicted octanol–water partition coefficient (Wildman–Crippen LogP) is 5.37. The van der Waals surface area contributed by atoms with Crippen molar-refractivity contribution in [3.05, 3.63) is 77.2 Å². The van der Waals surface area contributed by atoms with Gasteiger partial charge in [0.2, 0.25) is 0 Å². The monoisotopic (exact) mass is 434 g/mol. The average molecular weight is 434 g/mol. The fourth-order valence-electron chi connectivity index (χ4n) is 3.96. The van der Waals surface area contributed by atoms with Crippen LogP contribution in [0.3, 0.4) is 0 Å². The standard InChI is InChI=1S/C24H20F2N4O2/c1-12(2)23-21(14-7-18(26)22(24(31)32)29-11-14)17-9-19(28)13(10-27)8-20(17)30(23)16-5-3-15(25)4-6-16/h3-12,27H,28H2,1-2H3,(H,31,32). The smallest absolute Gasteiger partial charge is 0.357 e. The second-order valence-electron chi connectivity index (χ2n) is 7.73. The predicted molar refractivity (Wildman–Crippen MR) is 120 cm³/mol. The van der Waals surface area contributed by atoms with Crippen molar-refractivity contribution < 1.29 is 18.7 Å². The van der Waals surface area contributed by atoms with Gasteiger partial charge >= 0.3 is 5.97 Å². The molecule has 0 atom stereocenters. The van der Waals surface area contributed by atoms with Crippen LogP contribution in [0.25, 0.3) is 27.7 Å². The first-order valence-corrected chi connectivity index (χ1v) is 9.86. The van der Waals surface area contributed by atoms with Crippen LogP contribution < -0.4 is 5.73 Å². The van der Waals surface area contributed by atoms with Gasteiger partial charge in [-0.2, -0.15) is 0 Å². The van der Waals surface area contributed by atoms with E-state index in [1.165, 1.54) is 18.3 Å². The molecule has 0 saturated carbocycles. The number of aromatic carboxylic acids is 1. The van der Waals surface area contributed by atoms with Gasteiger partial charge in [-0.15, -0.1) is 0 Å². The summed E-state index contributed by atoms with van der Waals surface area (Å²) in [7, 11) is 0. The lowest BCUT2D eigenvalue weighted by atomic mass is 9.97. The summed E-state index contributed by atoms with van der Waals surface area (Å²) in [6.45, 7) is 3.93. The van der Waals surface area contributed by atoms with Gasteiger partial charge in [0.15, 0.2) is 11.5 Å². The zero-order valence-corrected chi connectivity index (χ0v) is 17.4.